The minimum atomic E-state index is -0.316. The van der Waals surface area contributed by atoms with Gasteiger partial charge >= 0.3 is 0 Å². The minimum Gasteiger partial charge on any atom is -0.383 e. The lowest BCUT2D eigenvalue weighted by Crippen LogP contribution is -2.02. The highest BCUT2D eigenvalue weighted by molar-refractivity contribution is 5.75. The molecule has 0 atom stereocenters. The third kappa shape index (κ3) is 1.98. The fourth-order valence-electron chi connectivity index (χ4n) is 3.13. The van der Waals surface area contributed by atoms with Crippen LogP contribution in [0.4, 0.5) is 10.2 Å². The molecule has 4 rings (SSSR count). The van der Waals surface area contributed by atoms with Crippen molar-refractivity contribution in [3.63, 3.8) is 0 Å². The largest absolute Gasteiger partial charge is 0.383 e. The van der Waals surface area contributed by atoms with E-state index >= 15 is 0 Å². The van der Waals surface area contributed by atoms with Crippen molar-refractivity contribution in [2.75, 3.05) is 5.73 Å². The Kier molecular flexibility index (Phi) is 2.70. The first kappa shape index (κ1) is 12.4. The Morgan fingerprint density at radius 3 is 2.71 bits per heavy atom. The Bertz CT molecular complexity index is 835. The van der Waals surface area contributed by atoms with Crippen molar-refractivity contribution in [1.82, 2.24) is 9.38 Å². The Morgan fingerprint density at radius 1 is 1.05 bits per heavy atom. The summed E-state index contributed by atoms with van der Waals surface area (Å²) in [6.07, 6.45) is 6.15. The number of imidazole rings is 1. The molecule has 0 radical (unpaired) electrons. The first-order valence-electron chi connectivity index (χ1n) is 7.27. The molecule has 0 bridgehead atoms. The van der Waals surface area contributed by atoms with Gasteiger partial charge in [0, 0.05) is 11.8 Å². The summed E-state index contributed by atoms with van der Waals surface area (Å²) in [5, 5.41) is 0. The van der Waals surface area contributed by atoms with E-state index in [0.717, 1.165) is 24.1 Å². The lowest BCUT2D eigenvalue weighted by molar-refractivity contribution is 0.619. The number of nitrogens with two attached hydrogens (primary N) is 1. The third-order valence-electron chi connectivity index (χ3n) is 4.24. The highest BCUT2D eigenvalue weighted by atomic mass is 19.1. The molecule has 3 aromatic rings. The zero-order valence-corrected chi connectivity index (χ0v) is 11.6. The molecular formula is C17H16FN3. The summed E-state index contributed by atoms with van der Waals surface area (Å²) in [4.78, 5) is 4.54. The van der Waals surface area contributed by atoms with Crippen molar-refractivity contribution in [3.8, 4) is 11.3 Å². The van der Waals surface area contributed by atoms with E-state index in [1.807, 2.05) is 0 Å². The van der Waals surface area contributed by atoms with E-state index in [-0.39, 0.29) is 5.82 Å². The molecule has 4 heteroatoms. The maximum Gasteiger partial charge on any atom is 0.140 e. The maximum absolute atomic E-state index is 13.3. The van der Waals surface area contributed by atoms with E-state index in [1.165, 1.54) is 36.2 Å². The van der Waals surface area contributed by atoms with Gasteiger partial charge in [-0.15, -0.1) is 0 Å². The molecule has 2 aromatic heterocycles. The standard InChI is InChI=1S/C17H16FN3/c18-14-7-8-15-20-16(17(19)21(15)10-14)13-6-5-11-3-1-2-4-12(11)9-13/h5-10H,1-4,19H2. The molecule has 0 spiro atoms. The summed E-state index contributed by atoms with van der Waals surface area (Å²) < 4.78 is 15.0. The normalized spacial score (nSPS) is 14.3. The fourth-order valence-corrected chi connectivity index (χ4v) is 3.13. The molecule has 2 heterocycles. The smallest absolute Gasteiger partial charge is 0.140 e. The molecule has 2 N–H and O–H groups in total. The molecule has 0 aliphatic heterocycles. The molecule has 0 unspecified atom stereocenters. The molecule has 0 fully saturated rings. The lowest BCUT2D eigenvalue weighted by Gasteiger charge is -2.16. The predicted octanol–water partition coefficient (Wildman–Crippen LogP) is 3.60. The van der Waals surface area contributed by atoms with E-state index < -0.39 is 0 Å². The number of rotatable bonds is 1. The predicted molar refractivity (Wildman–Crippen MR) is 81.6 cm³/mol. The highest BCUT2D eigenvalue weighted by Gasteiger charge is 2.15. The van der Waals surface area contributed by atoms with Crippen molar-refractivity contribution >= 4 is 11.5 Å². The zero-order chi connectivity index (χ0) is 14.4. The van der Waals surface area contributed by atoms with Crippen LogP contribution in [0.3, 0.4) is 0 Å². The first-order valence-corrected chi connectivity index (χ1v) is 7.27. The Hall–Kier alpha value is -2.36. The fraction of sp³-hybridized carbons (Fsp3) is 0.235. The second-order valence-electron chi connectivity index (χ2n) is 5.61. The number of aromatic nitrogens is 2. The van der Waals surface area contributed by atoms with Crippen LogP contribution in [0.2, 0.25) is 0 Å². The molecule has 1 aliphatic rings. The van der Waals surface area contributed by atoms with E-state index in [0.29, 0.717) is 11.5 Å². The van der Waals surface area contributed by atoms with Crippen molar-refractivity contribution in [3.05, 3.63) is 53.5 Å². The van der Waals surface area contributed by atoms with Crippen LogP contribution in [0.5, 0.6) is 0 Å². The van der Waals surface area contributed by atoms with Crippen LogP contribution in [0.15, 0.2) is 36.5 Å². The summed E-state index contributed by atoms with van der Waals surface area (Å²) in [6.45, 7) is 0. The number of aryl methyl sites for hydroxylation is 2. The molecule has 106 valence electrons. The second-order valence-corrected chi connectivity index (χ2v) is 5.61. The number of hydrogen-bond acceptors (Lipinski definition) is 2. The van der Waals surface area contributed by atoms with Crippen LogP contribution in [0, 0.1) is 5.82 Å². The molecule has 21 heavy (non-hydrogen) atoms. The van der Waals surface area contributed by atoms with Gasteiger partial charge in [0.1, 0.15) is 23.0 Å². The lowest BCUT2D eigenvalue weighted by atomic mass is 9.90. The van der Waals surface area contributed by atoms with Gasteiger partial charge in [-0.1, -0.05) is 12.1 Å². The van der Waals surface area contributed by atoms with Gasteiger partial charge in [0.25, 0.3) is 0 Å². The number of anilines is 1. The van der Waals surface area contributed by atoms with Crippen LogP contribution < -0.4 is 5.73 Å². The second kappa shape index (κ2) is 4.58. The SMILES string of the molecule is Nc1c(-c2ccc3c(c2)CCCC3)nc2ccc(F)cn12. The topological polar surface area (TPSA) is 43.3 Å². The molecule has 1 aliphatic carbocycles. The minimum absolute atomic E-state index is 0.316. The van der Waals surface area contributed by atoms with Crippen molar-refractivity contribution in [2.24, 2.45) is 0 Å². The van der Waals surface area contributed by atoms with Gasteiger partial charge in [0.2, 0.25) is 0 Å². The van der Waals surface area contributed by atoms with E-state index in [2.05, 4.69) is 23.2 Å². The number of fused-ring (bicyclic) bond motifs is 2. The van der Waals surface area contributed by atoms with Gasteiger partial charge in [-0.3, -0.25) is 4.40 Å². The van der Waals surface area contributed by atoms with Gasteiger partial charge in [0.05, 0.1) is 0 Å². The average Bonchev–Trinajstić information content (AvgIpc) is 2.84. The maximum atomic E-state index is 13.3. The quantitative estimate of drug-likeness (QED) is 0.740. The Balaban J connectivity index is 1.88. The van der Waals surface area contributed by atoms with Crippen molar-refractivity contribution < 1.29 is 4.39 Å². The molecule has 0 saturated carbocycles. The third-order valence-corrected chi connectivity index (χ3v) is 4.24. The van der Waals surface area contributed by atoms with Crippen LogP contribution in [-0.2, 0) is 12.8 Å². The summed E-state index contributed by atoms with van der Waals surface area (Å²) >= 11 is 0. The van der Waals surface area contributed by atoms with Crippen LogP contribution in [-0.4, -0.2) is 9.38 Å². The van der Waals surface area contributed by atoms with Crippen molar-refractivity contribution in [2.45, 2.75) is 25.7 Å². The first-order chi connectivity index (χ1) is 10.2. The summed E-state index contributed by atoms with van der Waals surface area (Å²) in [6, 6.07) is 9.47. The average molecular weight is 281 g/mol. The molecule has 0 saturated heterocycles. The van der Waals surface area contributed by atoms with E-state index in [9.17, 15) is 4.39 Å². The van der Waals surface area contributed by atoms with Gasteiger partial charge in [-0.2, -0.15) is 0 Å². The van der Waals surface area contributed by atoms with Crippen LogP contribution in [0.1, 0.15) is 24.0 Å². The van der Waals surface area contributed by atoms with Gasteiger partial charge < -0.3 is 5.73 Å². The summed E-state index contributed by atoms with van der Waals surface area (Å²) in [7, 11) is 0. The van der Waals surface area contributed by atoms with Crippen LogP contribution >= 0.6 is 0 Å². The van der Waals surface area contributed by atoms with E-state index in [1.54, 1.807) is 10.5 Å². The van der Waals surface area contributed by atoms with Crippen molar-refractivity contribution in [1.29, 1.82) is 0 Å². The van der Waals surface area contributed by atoms with Gasteiger partial charge in [-0.05, 0) is 55.0 Å². The number of hydrogen-bond donors (Lipinski definition) is 1. The zero-order valence-electron chi connectivity index (χ0n) is 11.6. The number of benzene rings is 1. The highest BCUT2D eigenvalue weighted by Crippen LogP contribution is 2.30. The molecular weight excluding hydrogens is 265 g/mol. The summed E-state index contributed by atoms with van der Waals surface area (Å²) in [5.74, 6) is 0.170. The monoisotopic (exact) mass is 281 g/mol. The van der Waals surface area contributed by atoms with Gasteiger partial charge in [0.15, 0.2) is 0 Å². The Labute approximate surface area is 122 Å². The number of nitrogens with zero attached hydrogens (tertiary/aromatic N) is 2. The number of pyridine rings is 1. The Morgan fingerprint density at radius 2 is 1.86 bits per heavy atom. The molecule has 0 amide bonds. The van der Waals surface area contributed by atoms with Gasteiger partial charge in [-0.25, -0.2) is 9.37 Å². The molecule has 1 aromatic carbocycles. The summed E-state index contributed by atoms with van der Waals surface area (Å²) in [5.41, 5.74) is 11.4. The number of halogens is 1. The van der Waals surface area contributed by atoms with Crippen LogP contribution in [0.25, 0.3) is 16.9 Å². The molecule has 3 nitrogen and oxygen atoms in total. The number of nitrogen functional groups attached to an aromatic ring is 1. The van der Waals surface area contributed by atoms with E-state index in [4.69, 9.17) is 5.73 Å².